The number of hydrogen-bond donors (Lipinski definition) is 1. The summed E-state index contributed by atoms with van der Waals surface area (Å²) in [6, 6.07) is 10.3. The number of oxime groups is 1. The van der Waals surface area contributed by atoms with E-state index in [1.807, 2.05) is 32.9 Å². The molecule has 1 atom stereocenters. The van der Waals surface area contributed by atoms with Crippen molar-refractivity contribution in [3.63, 3.8) is 0 Å². The smallest absolute Gasteiger partial charge is 0.416 e. The summed E-state index contributed by atoms with van der Waals surface area (Å²) in [7, 11) is 0. The molecule has 1 unspecified atom stereocenters. The zero-order valence-electron chi connectivity index (χ0n) is 18.9. The van der Waals surface area contributed by atoms with Crippen LogP contribution in [-0.4, -0.2) is 29.5 Å². The van der Waals surface area contributed by atoms with Gasteiger partial charge in [-0.3, -0.25) is 0 Å². The molecule has 0 saturated carbocycles. The number of carbonyl (C=O) groups is 1. The van der Waals surface area contributed by atoms with Gasteiger partial charge in [0.2, 0.25) is 0 Å². The summed E-state index contributed by atoms with van der Waals surface area (Å²) in [5.74, 6) is -1.04. The van der Waals surface area contributed by atoms with Crippen molar-refractivity contribution in [1.82, 2.24) is 0 Å². The van der Waals surface area contributed by atoms with Gasteiger partial charge >= 0.3 is 12.1 Å². The highest BCUT2D eigenvalue weighted by atomic mass is 19.4. The third kappa shape index (κ3) is 9.09. The van der Waals surface area contributed by atoms with Crippen molar-refractivity contribution in [2.45, 2.75) is 66.0 Å². The van der Waals surface area contributed by atoms with Crippen LogP contribution in [-0.2, 0) is 33.6 Å². The number of nitrogens with zero attached hydrogens (tertiary/aromatic N) is 1. The van der Waals surface area contributed by atoms with Crippen LogP contribution < -0.4 is 0 Å². The number of rotatable bonds is 9. The topological polar surface area (TPSA) is 68.1 Å². The molecule has 5 nitrogen and oxygen atoms in total. The van der Waals surface area contributed by atoms with Crippen LogP contribution in [0.2, 0.25) is 0 Å². The SMILES string of the molecule is CC.Cc1ccc(CC(OC(C)C)C(=O)O)cc1/C=N/OCc1cccc(C(F)(F)F)c1. The second-order valence-corrected chi connectivity index (χ2v) is 7.11. The lowest BCUT2D eigenvalue weighted by molar-refractivity contribution is -0.153. The second kappa shape index (κ2) is 12.9. The molecule has 0 amide bonds. The van der Waals surface area contributed by atoms with E-state index in [9.17, 15) is 23.1 Å². The van der Waals surface area contributed by atoms with Gasteiger partial charge in [0.15, 0.2) is 6.10 Å². The fourth-order valence-corrected chi connectivity index (χ4v) is 2.74. The van der Waals surface area contributed by atoms with Crippen molar-refractivity contribution in [3.05, 3.63) is 70.3 Å². The fourth-order valence-electron chi connectivity index (χ4n) is 2.74. The van der Waals surface area contributed by atoms with Gasteiger partial charge in [-0.1, -0.05) is 43.3 Å². The van der Waals surface area contributed by atoms with Crippen molar-refractivity contribution in [2.24, 2.45) is 5.16 Å². The summed E-state index contributed by atoms with van der Waals surface area (Å²) in [6.45, 7) is 9.29. The Hall–Kier alpha value is -2.87. The first-order chi connectivity index (χ1) is 15.1. The summed E-state index contributed by atoms with van der Waals surface area (Å²) in [5, 5.41) is 13.2. The number of alkyl halides is 3. The summed E-state index contributed by atoms with van der Waals surface area (Å²) < 4.78 is 43.7. The van der Waals surface area contributed by atoms with Crippen LogP contribution >= 0.6 is 0 Å². The Kier molecular flexibility index (Phi) is 10.9. The van der Waals surface area contributed by atoms with E-state index < -0.39 is 23.8 Å². The monoisotopic (exact) mass is 453 g/mol. The van der Waals surface area contributed by atoms with Gasteiger partial charge in [0.1, 0.15) is 6.61 Å². The van der Waals surface area contributed by atoms with E-state index >= 15 is 0 Å². The molecule has 0 aliphatic heterocycles. The normalized spacial score (nSPS) is 12.4. The van der Waals surface area contributed by atoms with E-state index in [2.05, 4.69) is 5.16 Å². The molecule has 8 heteroatoms. The van der Waals surface area contributed by atoms with Crippen molar-refractivity contribution >= 4 is 12.2 Å². The van der Waals surface area contributed by atoms with Crippen molar-refractivity contribution < 1.29 is 32.6 Å². The third-order valence-corrected chi connectivity index (χ3v) is 4.23. The Labute approximate surface area is 186 Å². The van der Waals surface area contributed by atoms with Crippen LogP contribution in [0.15, 0.2) is 47.6 Å². The van der Waals surface area contributed by atoms with Crippen LogP contribution in [0.25, 0.3) is 0 Å². The average Bonchev–Trinajstić information content (AvgIpc) is 2.73. The number of carboxylic acids is 1. The minimum Gasteiger partial charge on any atom is -0.479 e. The van der Waals surface area contributed by atoms with Crippen molar-refractivity contribution in [2.75, 3.05) is 0 Å². The number of aryl methyl sites for hydroxylation is 1. The predicted octanol–water partition coefficient (Wildman–Crippen LogP) is 6.01. The molecule has 0 saturated heterocycles. The number of benzene rings is 2. The second-order valence-electron chi connectivity index (χ2n) is 7.11. The fraction of sp³-hybridized carbons (Fsp3) is 0.417. The van der Waals surface area contributed by atoms with Gasteiger partial charge in [-0.15, -0.1) is 0 Å². The molecular formula is C24H30F3NO4. The van der Waals surface area contributed by atoms with E-state index in [-0.39, 0.29) is 19.1 Å². The number of ether oxygens (including phenoxy) is 1. The van der Waals surface area contributed by atoms with E-state index in [1.54, 1.807) is 19.9 Å². The van der Waals surface area contributed by atoms with Crippen molar-refractivity contribution in [3.8, 4) is 0 Å². The maximum Gasteiger partial charge on any atom is 0.416 e. The number of carboxylic acid groups (broad SMARTS) is 1. The standard InChI is InChI=1S/C22H24F3NO4.C2H6/c1-14(2)30-20(21(27)28)11-16-8-7-15(3)18(9-16)12-26-29-13-17-5-4-6-19(10-17)22(23,24)25;1-2/h4-10,12,14,20H,11,13H2,1-3H3,(H,27,28);1-2H3/b26-12+;. The highest BCUT2D eigenvalue weighted by molar-refractivity contribution is 5.81. The van der Waals surface area contributed by atoms with Gasteiger partial charge in [-0.2, -0.15) is 13.2 Å². The highest BCUT2D eigenvalue weighted by Crippen LogP contribution is 2.29. The molecule has 0 heterocycles. The van der Waals surface area contributed by atoms with Crippen LogP contribution in [0.5, 0.6) is 0 Å². The molecule has 2 rings (SSSR count). The first kappa shape index (κ1) is 27.2. The lowest BCUT2D eigenvalue weighted by atomic mass is 10.0. The summed E-state index contributed by atoms with van der Waals surface area (Å²) in [4.78, 5) is 16.5. The Morgan fingerprint density at radius 1 is 1.12 bits per heavy atom. The summed E-state index contributed by atoms with van der Waals surface area (Å²) in [5.41, 5.74) is 1.97. The molecule has 0 spiro atoms. The summed E-state index contributed by atoms with van der Waals surface area (Å²) in [6.07, 6.45) is -3.95. The van der Waals surface area contributed by atoms with Gasteiger partial charge in [0.05, 0.1) is 17.9 Å². The van der Waals surface area contributed by atoms with Crippen LogP contribution in [0.4, 0.5) is 13.2 Å². The average molecular weight is 454 g/mol. The molecule has 0 aromatic heterocycles. The Bertz CT molecular complexity index is 895. The molecule has 0 radical (unpaired) electrons. The van der Waals surface area contributed by atoms with Crippen LogP contribution in [0, 0.1) is 6.92 Å². The van der Waals surface area contributed by atoms with Crippen molar-refractivity contribution in [1.29, 1.82) is 0 Å². The number of hydrogen-bond acceptors (Lipinski definition) is 4. The number of aliphatic carboxylic acids is 1. The van der Waals surface area contributed by atoms with E-state index in [4.69, 9.17) is 9.57 Å². The zero-order chi connectivity index (χ0) is 24.3. The van der Waals surface area contributed by atoms with E-state index in [0.29, 0.717) is 11.1 Å². The minimum absolute atomic E-state index is 0.109. The quantitative estimate of drug-likeness (QED) is 0.373. The molecular weight excluding hydrogens is 423 g/mol. The number of halogens is 3. The van der Waals surface area contributed by atoms with E-state index in [0.717, 1.165) is 23.3 Å². The van der Waals surface area contributed by atoms with Gasteiger partial charge in [-0.05, 0) is 61.2 Å². The Morgan fingerprint density at radius 2 is 1.81 bits per heavy atom. The van der Waals surface area contributed by atoms with E-state index in [1.165, 1.54) is 18.3 Å². The molecule has 0 bridgehead atoms. The highest BCUT2D eigenvalue weighted by Gasteiger charge is 2.30. The lowest BCUT2D eigenvalue weighted by Gasteiger charge is -2.17. The molecule has 0 aliphatic rings. The van der Waals surface area contributed by atoms with Gasteiger partial charge < -0.3 is 14.7 Å². The Balaban J connectivity index is 0.00000249. The predicted molar refractivity (Wildman–Crippen MR) is 118 cm³/mol. The zero-order valence-corrected chi connectivity index (χ0v) is 18.9. The third-order valence-electron chi connectivity index (χ3n) is 4.23. The van der Waals surface area contributed by atoms with Gasteiger partial charge in [-0.25, -0.2) is 4.79 Å². The largest absolute Gasteiger partial charge is 0.479 e. The molecule has 0 aliphatic carbocycles. The summed E-state index contributed by atoms with van der Waals surface area (Å²) >= 11 is 0. The maximum atomic E-state index is 12.8. The van der Waals surface area contributed by atoms with Crippen LogP contribution in [0.3, 0.4) is 0 Å². The molecule has 1 N–H and O–H groups in total. The Morgan fingerprint density at radius 3 is 2.41 bits per heavy atom. The molecule has 32 heavy (non-hydrogen) atoms. The molecule has 176 valence electrons. The molecule has 2 aromatic rings. The lowest BCUT2D eigenvalue weighted by Crippen LogP contribution is -2.29. The molecule has 2 aromatic carbocycles. The maximum absolute atomic E-state index is 12.8. The first-order valence-electron chi connectivity index (χ1n) is 10.4. The molecule has 0 fully saturated rings. The van der Waals surface area contributed by atoms with Crippen LogP contribution in [0.1, 0.15) is 55.5 Å². The van der Waals surface area contributed by atoms with Gasteiger partial charge in [0.25, 0.3) is 0 Å². The van der Waals surface area contributed by atoms with Gasteiger partial charge in [0, 0.05) is 6.42 Å². The minimum atomic E-state index is -4.41. The first-order valence-corrected chi connectivity index (χ1v) is 10.4.